The van der Waals surface area contributed by atoms with Gasteiger partial charge in [0.1, 0.15) is 5.75 Å². The quantitative estimate of drug-likeness (QED) is 0.927. The average molecular weight is 273 g/mol. The van der Waals surface area contributed by atoms with E-state index in [9.17, 15) is 0 Å². The number of ether oxygens (including phenoxy) is 1. The normalized spacial score (nSPS) is 16.2. The first-order valence-corrected chi connectivity index (χ1v) is 7.14. The van der Waals surface area contributed by atoms with Crippen molar-refractivity contribution in [3.05, 3.63) is 30.2 Å². The lowest BCUT2D eigenvalue weighted by Crippen LogP contribution is -2.26. The highest BCUT2D eigenvalue weighted by atomic mass is 16.5. The van der Waals surface area contributed by atoms with Gasteiger partial charge in [-0.2, -0.15) is 0 Å². The zero-order valence-corrected chi connectivity index (χ0v) is 11.6. The van der Waals surface area contributed by atoms with Crippen molar-refractivity contribution in [3.8, 4) is 17.2 Å². The van der Waals surface area contributed by atoms with Crippen molar-refractivity contribution in [3.63, 3.8) is 0 Å². The van der Waals surface area contributed by atoms with Gasteiger partial charge >= 0.3 is 0 Å². The molecule has 0 bridgehead atoms. The highest BCUT2D eigenvalue weighted by molar-refractivity contribution is 5.54. The second-order valence-electron chi connectivity index (χ2n) is 4.93. The topological polar surface area (TPSA) is 60.2 Å². The van der Waals surface area contributed by atoms with Gasteiger partial charge in [0.15, 0.2) is 0 Å². The Hall–Kier alpha value is -1.88. The second kappa shape index (κ2) is 6.05. The van der Waals surface area contributed by atoms with Crippen LogP contribution in [0.4, 0.5) is 0 Å². The van der Waals surface area contributed by atoms with E-state index in [1.54, 1.807) is 0 Å². The highest BCUT2D eigenvalue weighted by Gasteiger charge is 2.21. The summed E-state index contributed by atoms with van der Waals surface area (Å²) < 4.78 is 11.2. The molecule has 20 heavy (non-hydrogen) atoms. The van der Waals surface area contributed by atoms with E-state index in [0.29, 0.717) is 18.4 Å². The molecule has 0 spiro atoms. The summed E-state index contributed by atoms with van der Waals surface area (Å²) in [6.07, 6.45) is 2.12. The zero-order valence-electron chi connectivity index (χ0n) is 11.6. The number of hydrogen-bond donors (Lipinski definition) is 1. The van der Waals surface area contributed by atoms with Crippen LogP contribution in [0.1, 0.15) is 31.6 Å². The van der Waals surface area contributed by atoms with Crippen molar-refractivity contribution in [2.24, 2.45) is 0 Å². The maximum atomic E-state index is 5.82. The van der Waals surface area contributed by atoms with Crippen molar-refractivity contribution in [1.29, 1.82) is 0 Å². The molecular weight excluding hydrogens is 254 g/mol. The molecule has 0 unspecified atom stereocenters. The number of aromatic nitrogens is 2. The fourth-order valence-electron chi connectivity index (χ4n) is 2.45. The predicted molar refractivity (Wildman–Crippen MR) is 75.7 cm³/mol. The van der Waals surface area contributed by atoms with E-state index in [1.165, 1.54) is 0 Å². The molecule has 1 saturated heterocycles. The van der Waals surface area contributed by atoms with Gasteiger partial charge in [0.25, 0.3) is 0 Å². The monoisotopic (exact) mass is 273 g/mol. The van der Waals surface area contributed by atoms with Crippen LogP contribution < -0.4 is 10.1 Å². The molecule has 1 aromatic carbocycles. The lowest BCUT2D eigenvalue weighted by atomic mass is 9.98. The number of rotatable bonds is 4. The molecule has 1 aromatic heterocycles. The van der Waals surface area contributed by atoms with Crippen LogP contribution in [0.3, 0.4) is 0 Å². The summed E-state index contributed by atoms with van der Waals surface area (Å²) in [5, 5.41) is 11.7. The molecule has 0 amide bonds. The van der Waals surface area contributed by atoms with Crippen molar-refractivity contribution in [2.45, 2.75) is 25.7 Å². The first kappa shape index (κ1) is 13.1. The van der Waals surface area contributed by atoms with Crippen LogP contribution in [0.25, 0.3) is 11.5 Å². The van der Waals surface area contributed by atoms with Gasteiger partial charge in [-0.05, 0) is 57.1 Å². The van der Waals surface area contributed by atoms with Gasteiger partial charge in [-0.1, -0.05) is 0 Å². The standard InChI is InChI=1S/C15H19N3O2/c1-2-19-13-5-3-11(4-6-13)14-17-18-15(20-14)12-7-9-16-10-8-12/h3-6,12,16H,2,7-10H2,1H3. The minimum absolute atomic E-state index is 0.389. The van der Waals surface area contributed by atoms with E-state index < -0.39 is 0 Å². The molecule has 1 fully saturated rings. The Kier molecular flexibility index (Phi) is 3.97. The predicted octanol–water partition coefficient (Wildman–Crippen LogP) is 2.60. The number of piperidine rings is 1. The summed E-state index contributed by atoms with van der Waals surface area (Å²) in [5.74, 6) is 2.59. The van der Waals surface area contributed by atoms with E-state index in [-0.39, 0.29) is 0 Å². The van der Waals surface area contributed by atoms with Crippen LogP contribution in [-0.4, -0.2) is 29.9 Å². The Balaban J connectivity index is 1.75. The molecule has 2 aromatic rings. The van der Waals surface area contributed by atoms with E-state index >= 15 is 0 Å². The molecule has 0 radical (unpaired) electrons. The zero-order chi connectivity index (χ0) is 13.8. The third-order valence-corrected chi connectivity index (χ3v) is 3.54. The third kappa shape index (κ3) is 2.82. The van der Waals surface area contributed by atoms with Crippen LogP contribution in [-0.2, 0) is 0 Å². The summed E-state index contributed by atoms with van der Waals surface area (Å²) in [5.41, 5.74) is 0.932. The molecule has 5 heteroatoms. The van der Waals surface area contributed by atoms with Gasteiger partial charge in [-0.25, -0.2) is 0 Å². The van der Waals surface area contributed by atoms with Gasteiger partial charge in [-0.15, -0.1) is 10.2 Å². The van der Waals surface area contributed by atoms with E-state index in [0.717, 1.165) is 43.1 Å². The summed E-state index contributed by atoms with van der Waals surface area (Å²) in [7, 11) is 0. The maximum absolute atomic E-state index is 5.82. The van der Waals surface area contributed by atoms with E-state index in [4.69, 9.17) is 9.15 Å². The fourth-order valence-corrected chi connectivity index (χ4v) is 2.45. The molecule has 0 aliphatic carbocycles. The summed E-state index contributed by atoms with van der Waals surface area (Å²) in [6.45, 7) is 4.67. The van der Waals surface area contributed by atoms with Crippen LogP contribution in [0.5, 0.6) is 5.75 Å². The minimum atomic E-state index is 0.389. The van der Waals surface area contributed by atoms with E-state index in [2.05, 4.69) is 15.5 Å². The second-order valence-corrected chi connectivity index (χ2v) is 4.93. The molecule has 5 nitrogen and oxygen atoms in total. The number of nitrogens with one attached hydrogen (secondary N) is 1. The van der Waals surface area contributed by atoms with Crippen LogP contribution in [0, 0.1) is 0 Å². The smallest absolute Gasteiger partial charge is 0.247 e. The number of hydrogen-bond acceptors (Lipinski definition) is 5. The Morgan fingerprint density at radius 1 is 1.20 bits per heavy atom. The fraction of sp³-hybridized carbons (Fsp3) is 0.467. The van der Waals surface area contributed by atoms with Crippen LogP contribution in [0.15, 0.2) is 28.7 Å². The van der Waals surface area contributed by atoms with Gasteiger partial charge in [0, 0.05) is 11.5 Å². The van der Waals surface area contributed by atoms with Gasteiger partial charge in [0.05, 0.1) is 6.61 Å². The number of nitrogens with zero attached hydrogens (tertiary/aromatic N) is 2. The van der Waals surface area contributed by atoms with Crippen molar-refractivity contribution >= 4 is 0 Å². The van der Waals surface area contributed by atoms with Crippen molar-refractivity contribution in [2.75, 3.05) is 19.7 Å². The summed E-state index contributed by atoms with van der Waals surface area (Å²) in [4.78, 5) is 0. The Morgan fingerprint density at radius 2 is 1.95 bits per heavy atom. The number of benzene rings is 1. The maximum Gasteiger partial charge on any atom is 0.247 e. The van der Waals surface area contributed by atoms with Gasteiger partial charge in [-0.3, -0.25) is 0 Å². The average Bonchev–Trinajstić information content (AvgIpc) is 2.99. The van der Waals surface area contributed by atoms with Gasteiger partial charge < -0.3 is 14.5 Å². The molecular formula is C15H19N3O2. The largest absolute Gasteiger partial charge is 0.494 e. The Morgan fingerprint density at radius 3 is 2.65 bits per heavy atom. The van der Waals surface area contributed by atoms with Crippen LogP contribution in [0.2, 0.25) is 0 Å². The van der Waals surface area contributed by atoms with Crippen molar-refractivity contribution in [1.82, 2.24) is 15.5 Å². The molecule has 2 heterocycles. The van der Waals surface area contributed by atoms with Gasteiger partial charge in [0.2, 0.25) is 11.8 Å². The first-order valence-electron chi connectivity index (χ1n) is 7.14. The molecule has 1 N–H and O–H groups in total. The third-order valence-electron chi connectivity index (χ3n) is 3.54. The van der Waals surface area contributed by atoms with Crippen molar-refractivity contribution < 1.29 is 9.15 Å². The first-order chi connectivity index (χ1) is 9.86. The molecule has 3 rings (SSSR count). The molecule has 1 aliphatic heterocycles. The Bertz CT molecular complexity index is 545. The molecule has 0 saturated carbocycles. The Labute approximate surface area is 118 Å². The van der Waals surface area contributed by atoms with E-state index in [1.807, 2.05) is 31.2 Å². The lowest BCUT2D eigenvalue weighted by molar-refractivity contribution is 0.340. The van der Waals surface area contributed by atoms with Crippen LogP contribution >= 0.6 is 0 Å². The summed E-state index contributed by atoms with van der Waals surface area (Å²) in [6, 6.07) is 7.75. The highest BCUT2D eigenvalue weighted by Crippen LogP contribution is 2.27. The molecule has 106 valence electrons. The lowest BCUT2D eigenvalue weighted by Gasteiger charge is -2.18. The SMILES string of the molecule is CCOc1ccc(-c2nnc(C3CCNCC3)o2)cc1. The summed E-state index contributed by atoms with van der Waals surface area (Å²) >= 11 is 0. The molecule has 0 atom stereocenters. The minimum Gasteiger partial charge on any atom is -0.494 e. The molecule has 1 aliphatic rings.